The zero-order valence-electron chi connectivity index (χ0n) is 14.6. The quantitative estimate of drug-likeness (QED) is 0.708. The molecule has 0 aromatic heterocycles. The lowest BCUT2D eigenvalue weighted by Gasteiger charge is -2.34. The average Bonchev–Trinajstić information content (AvgIpc) is 2.66. The molecule has 0 N–H and O–H groups in total. The Kier molecular flexibility index (Phi) is 6.15. The molecule has 1 saturated heterocycles. The third kappa shape index (κ3) is 4.17. The maximum atomic E-state index is 12.6. The molecule has 0 unspecified atom stereocenters. The third-order valence-corrected chi connectivity index (χ3v) is 5.87. The number of piperazine rings is 1. The molecule has 0 bridgehead atoms. The monoisotopic (exact) mass is 369 g/mol. The van der Waals surface area contributed by atoms with Gasteiger partial charge < -0.3 is 9.80 Å². The van der Waals surface area contributed by atoms with Gasteiger partial charge in [-0.25, -0.2) is 8.42 Å². The predicted octanol–water partition coefficient (Wildman–Crippen LogP) is 0.563. The van der Waals surface area contributed by atoms with Gasteiger partial charge in [0.1, 0.15) is 0 Å². The average molecular weight is 369 g/mol. The minimum atomic E-state index is -3.81. The fourth-order valence-corrected chi connectivity index (χ4v) is 3.62. The van der Waals surface area contributed by atoms with Crippen molar-refractivity contribution in [3.63, 3.8) is 0 Å². The molecule has 1 aliphatic heterocycles. The number of amides is 2. The largest absolute Gasteiger partial charge is 0.339 e. The van der Waals surface area contributed by atoms with Gasteiger partial charge in [-0.2, -0.15) is 0 Å². The summed E-state index contributed by atoms with van der Waals surface area (Å²) >= 11 is 0. The number of carbonyl (C=O) groups excluding carboxylic acids is 2. The topological polar surface area (TPSA) is 87.2 Å². The number of hydroxylamine groups is 1. The maximum Gasteiger partial charge on any atom is 0.264 e. The Morgan fingerprint density at radius 3 is 2.32 bits per heavy atom. The molecule has 1 aromatic carbocycles. The fraction of sp³-hybridized carbons (Fsp3) is 0.500. The number of sulfonamides is 1. The van der Waals surface area contributed by atoms with E-state index in [9.17, 15) is 18.0 Å². The Hall–Kier alpha value is -1.97. The van der Waals surface area contributed by atoms with Gasteiger partial charge in [-0.3, -0.25) is 14.4 Å². The zero-order valence-corrected chi connectivity index (χ0v) is 15.5. The number of hydrogen-bond donors (Lipinski definition) is 0. The molecule has 138 valence electrons. The van der Waals surface area contributed by atoms with Crippen molar-refractivity contribution in [1.29, 1.82) is 0 Å². The van der Waals surface area contributed by atoms with E-state index in [4.69, 9.17) is 4.84 Å². The molecule has 1 fully saturated rings. The minimum Gasteiger partial charge on any atom is -0.339 e. The molecule has 0 aliphatic carbocycles. The lowest BCUT2D eigenvalue weighted by Crippen LogP contribution is -2.50. The summed E-state index contributed by atoms with van der Waals surface area (Å²) in [5.41, 5.74) is 0.292. The molecular formula is C16H23N3O5S. The van der Waals surface area contributed by atoms with Gasteiger partial charge in [-0.1, -0.05) is 17.5 Å². The molecule has 0 spiro atoms. The smallest absolute Gasteiger partial charge is 0.264 e. The first-order chi connectivity index (χ1) is 11.8. The Labute approximate surface area is 148 Å². The van der Waals surface area contributed by atoms with Crippen LogP contribution < -0.4 is 0 Å². The van der Waals surface area contributed by atoms with Crippen molar-refractivity contribution in [2.75, 3.05) is 40.3 Å². The fourth-order valence-electron chi connectivity index (χ4n) is 2.60. The van der Waals surface area contributed by atoms with Gasteiger partial charge in [0.2, 0.25) is 5.91 Å². The highest BCUT2D eigenvalue weighted by atomic mass is 32.2. The van der Waals surface area contributed by atoms with Crippen LogP contribution in [-0.2, 0) is 19.7 Å². The van der Waals surface area contributed by atoms with Crippen molar-refractivity contribution in [2.45, 2.75) is 18.2 Å². The standard InChI is InChI=1S/C16H23N3O5S/c1-4-15(20)18-8-10-19(11-9-18)16(21)13-6-5-7-14(12-13)25(22,23)17(2)24-3/h5-7,12H,4,8-11H2,1-3H3. The molecular weight excluding hydrogens is 346 g/mol. The number of rotatable bonds is 5. The molecule has 8 nitrogen and oxygen atoms in total. The van der Waals surface area contributed by atoms with Crippen LogP contribution in [0.5, 0.6) is 0 Å². The molecule has 0 saturated carbocycles. The van der Waals surface area contributed by atoms with Gasteiger partial charge >= 0.3 is 0 Å². The van der Waals surface area contributed by atoms with Crippen LogP contribution in [-0.4, -0.2) is 74.8 Å². The summed E-state index contributed by atoms with van der Waals surface area (Å²) in [6, 6.07) is 5.87. The normalized spacial score (nSPS) is 15.5. The number of carbonyl (C=O) groups is 2. The van der Waals surface area contributed by atoms with Crippen LogP contribution in [0, 0.1) is 0 Å². The molecule has 1 aromatic rings. The zero-order chi connectivity index (χ0) is 18.6. The van der Waals surface area contributed by atoms with E-state index in [0.717, 1.165) is 4.47 Å². The van der Waals surface area contributed by atoms with Crippen LogP contribution in [0.25, 0.3) is 0 Å². The first-order valence-electron chi connectivity index (χ1n) is 8.01. The highest BCUT2D eigenvalue weighted by Gasteiger charge is 2.26. The summed E-state index contributed by atoms with van der Waals surface area (Å²) in [5, 5.41) is 0. The van der Waals surface area contributed by atoms with E-state index >= 15 is 0 Å². The van der Waals surface area contributed by atoms with Crippen molar-refractivity contribution in [2.24, 2.45) is 0 Å². The van der Waals surface area contributed by atoms with E-state index in [0.29, 0.717) is 38.2 Å². The Balaban J connectivity index is 2.14. The van der Waals surface area contributed by atoms with Crippen LogP contribution in [0.1, 0.15) is 23.7 Å². The van der Waals surface area contributed by atoms with E-state index in [1.807, 2.05) is 6.92 Å². The summed E-state index contributed by atoms with van der Waals surface area (Å²) in [7, 11) is -1.27. The molecule has 25 heavy (non-hydrogen) atoms. The number of nitrogens with zero attached hydrogens (tertiary/aromatic N) is 3. The van der Waals surface area contributed by atoms with E-state index in [1.165, 1.54) is 32.4 Å². The van der Waals surface area contributed by atoms with E-state index in [-0.39, 0.29) is 16.7 Å². The molecule has 9 heteroatoms. The van der Waals surface area contributed by atoms with Gasteiger partial charge in [0.25, 0.3) is 15.9 Å². The minimum absolute atomic E-state index is 0.0116. The summed E-state index contributed by atoms with van der Waals surface area (Å²) in [5.74, 6) is -0.177. The molecule has 2 rings (SSSR count). The van der Waals surface area contributed by atoms with Gasteiger partial charge in [-0.15, -0.1) is 0 Å². The second kappa shape index (κ2) is 7.94. The third-order valence-electron chi connectivity index (χ3n) is 4.20. The van der Waals surface area contributed by atoms with E-state index in [2.05, 4.69) is 0 Å². The summed E-state index contributed by atoms with van der Waals surface area (Å²) in [4.78, 5) is 32.4. The first-order valence-corrected chi connectivity index (χ1v) is 9.45. The predicted molar refractivity (Wildman–Crippen MR) is 91.2 cm³/mol. The van der Waals surface area contributed by atoms with Crippen LogP contribution in [0.3, 0.4) is 0 Å². The van der Waals surface area contributed by atoms with Gasteiger partial charge in [0.05, 0.1) is 12.0 Å². The summed E-state index contributed by atoms with van der Waals surface area (Å²) in [6.07, 6.45) is 0.445. The Bertz CT molecular complexity index is 742. The maximum absolute atomic E-state index is 12.6. The van der Waals surface area contributed by atoms with Crippen molar-refractivity contribution >= 4 is 21.8 Å². The van der Waals surface area contributed by atoms with Crippen molar-refractivity contribution in [1.82, 2.24) is 14.3 Å². The SMILES string of the molecule is CCC(=O)N1CCN(C(=O)c2cccc(S(=O)(=O)N(C)OC)c2)CC1. The summed E-state index contributed by atoms with van der Waals surface area (Å²) < 4.78 is 25.3. The Morgan fingerprint density at radius 2 is 1.76 bits per heavy atom. The van der Waals surface area contributed by atoms with Gasteiger partial charge in [-0.05, 0) is 18.2 Å². The van der Waals surface area contributed by atoms with E-state index < -0.39 is 10.0 Å². The van der Waals surface area contributed by atoms with Crippen molar-refractivity contribution in [3.8, 4) is 0 Å². The molecule has 1 aliphatic rings. The summed E-state index contributed by atoms with van der Waals surface area (Å²) in [6.45, 7) is 3.65. The first kappa shape index (κ1) is 19.4. The second-order valence-electron chi connectivity index (χ2n) is 5.65. The molecule has 1 heterocycles. The van der Waals surface area contributed by atoms with Crippen LogP contribution >= 0.6 is 0 Å². The lowest BCUT2D eigenvalue weighted by molar-refractivity contribution is -0.132. The van der Waals surface area contributed by atoms with Crippen molar-refractivity contribution < 1.29 is 22.8 Å². The van der Waals surface area contributed by atoms with Gasteiger partial charge in [0.15, 0.2) is 0 Å². The number of hydrogen-bond acceptors (Lipinski definition) is 5. The molecule has 0 atom stereocenters. The van der Waals surface area contributed by atoms with Crippen LogP contribution in [0.15, 0.2) is 29.2 Å². The van der Waals surface area contributed by atoms with Gasteiger partial charge in [0, 0.05) is 45.2 Å². The highest BCUT2D eigenvalue weighted by molar-refractivity contribution is 7.89. The number of benzene rings is 1. The lowest BCUT2D eigenvalue weighted by atomic mass is 10.2. The van der Waals surface area contributed by atoms with Crippen molar-refractivity contribution in [3.05, 3.63) is 29.8 Å². The van der Waals surface area contributed by atoms with E-state index in [1.54, 1.807) is 15.9 Å². The van der Waals surface area contributed by atoms with Crippen LogP contribution in [0.4, 0.5) is 0 Å². The van der Waals surface area contributed by atoms with Crippen LogP contribution in [0.2, 0.25) is 0 Å². The second-order valence-corrected chi connectivity index (χ2v) is 7.59. The Morgan fingerprint density at radius 1 is 1.16 bits per heavy atom. The highest BCUT2D eigenvalue weighted by Crippen LogP contribution is 2.18. The molecule has 2 amide bonds. The molecule has 0 radical (unpaired) electrons.